The summed E-state index contributed by atoms with van der Waals surface area (Å²) < 4.78 is 10.7. The largest absolute Gasteiger partial charge is 0.495 e. The van der Waals surface area contributed by atoms with E-state index in [1.165, 1.54) is 6.26 Å². The molecule has 1 fully saturated rings. The molecule has 0 aliphatic carbocycles. The standard InChI is InChI=1S/C25H30N4O4S/c1-18(27-25(31)24(30)26-17-19-7-5-15-33-19)23(22-10-6-16-34-22)29-13-11-28(12-14-29)20-8-3-4-9-21(20)32-2/h3-10,15-16,18,23H,11-14,17H2,1-2H3,(H,26,30)(H,27,31)/t18-,23-/m1/s1. The van der Waals surface area contributed by atoms with Gasteiger partial charge in [0.15, 0.2) is 0 Å². The Bertz CT molecular complexity index is 1060. The van der Waals surface area contributed by atoms with E-state index >= 15 is 0 Å². The number of nitrogens with one attached hydrogen (secondary N) is 2. The Morgan fingerprint density at radius 1 is 1.06 bits per heavy atom. The lowest BCUT2D eigenvalue weighted by Gasteiger charge is -2.42. The van der Waals surface area contributed by atoms with Gasteiger partial charge in [-0.2, -0.15) is 0 Å². The molecule has 1 aliphatic heterocycles. The highest BCUT2D eigenvalue weighted by molar-refractivity contribution is 7.10. The first kappa shape index (κ1) is 23.8. The van der Waals surface area contributed by atoms with Crippen LogP contribution < -0.4 is 20.3 Å². The van der Waals surface area contributed by atoms with Crippen molar-refractivity contribution in [2.24, 2.45) is 0 Å². The summed E-state index contributed by atoms with van der Waals surface area (Å²) in [5.74, 6) is 0.146. The maximum atomic E-state index is 12.6. The number of para-hydroxylation sites is 2. The normalized spacial score (nSPS) is 16.0. The molecule has 3 heterocycles. The Hall–Kier alpha value is -3.30. The number of carbonyl (C=O) groups excluding carboxylic acids is 2. The second-order valence-corrected chi connectivity index (χ2v) is 9.16. The first-order valence-electron chi connectivity index (χ1n) is 11.3. The fourth-order valence-corrected chi connectivity index (χ4v) is 5.31. The fourth-order valence-electron chi connectivity index (χ4n) is 4.35. The Balaban J connectivity index is 1.39. The third-order valence-electron chi connectivity index (χ3n) is 6.01. The highest BCUT2D eigenvalue weighted by Gasteiger charge is 2.32. The van der Waals surface area contributed by atoms with E-state index in [0.717, 1.165) is 42.5 Å². The molecular formula is C25H30N4O4S. The van der Waals surface area contributed by atoms with Crippen molar-refractivity contribution < 1.29 is 18.7 Å². The van der Waals surface area contributed by atoms with Crippen LogP contribution >= 0.6 is 11.3 Å². The minimum atomic E-state index is -0.672. The third-order valence-corrected chi connectivity index (χ3v) is 6.95. The predicted octanol–water partition coefficient (Wildman–Crippen LogP) is 3.03. The van der Waals surface area contributed by atoms with E-state index in [1.54, 1.807) is 30.6 Å². The third kappa shape index (κ3) is 5.60. The van der Waals surface area contributed by atoms with Gasteiger partial charge in [0.25, 0.3) is 0 Å². The summed E-state index contributed by atoms with van der Waals surface area (Å²) in [5, 5.41) is 7.55. The van der Waals surface area contributed by atoms with Gasteiger partial charge < -0.3 is 24.7 Å². The van der Waals surface area contributed by atoms with Crippen LogP contribution in [0.2, 0.25) is 0 Å². The molecule has 2 aromatic heterocycles. The van der Waals surface area contributed by atoms with Gasteiger partial charge >= 0.3 is 11.8 Å². The first-order valence-corrected chi connectivity index (χ1v) is 12.2. The highest BCUT2D eigenvalue weighted by atomic mass is 32.1. The number of hydrogen-bond donors (Lipinski definition) is 2. The molecule has 2 atom stereocenters. The van der Waals surface area contributed by atoms with Crippen molar-refractivity contribution >= 4 is 28.8 Å². The zero-order valence-electron chi connectivity index (χ0n) is 19.4. The van der Waals surface area contributed by atoms with Gasteiger partial charge in [0.1, 0.15) is 11.5 Å². The minimum absolute atomic E-state index is 0.0263. The van der Waals surface area contributed by atoms with Gasteiger partial charge in [-0.05, 0) is 42.6 Å². The molecule has 9 heteroatoms. The number of thiophene rings is 1. The van der Waals surface area contributed by atoms with Crippen LogP contribution in [0.4, 0.5) is 5.69 Å². The van der Waals surface area contributed by atoms with Gasteiger partial charge in [-0.25, -0.2) is 0 Å². The van der Waals surface area contributed by atoms with Crippen molar-refractivity contribution in [2.45, 2.75) is 25.6 Å². The van der Waals surface area contributed by atoms with E-state index < -0.39 is 11.8 Å². The van der Waals surface area contributed by atoms with Crippen LogP contribution in [-0.2, 0) is 16.1 Å². The van der Waals surface area contributed by atoms with Gasteiger partial charge in [-0.1, -0.05) is 18.2 Å². The van der Waals surface area contributed by atoms with Gasteiger partial charge in [0.05, 0.1) is 31.6 Å². The van der Waals surface area contributed by atoms with Gasteiger partial charge in [-0.3, -0.25) is 14.5 Å². The number of anilines is 1. The van der Waals surface area contributed by atoms with Crippen LogP contribution in [0.5, 0.6) is 5.75 Å². The van der Waals surface area contributed by atoms with Crippen LogP contribution in [0.3, 0.4) is 0 Å². The minimum Gasteiger partial charge on any atom is -0.495 e. The Morgan fingerprint density at radius 3 is 2.53 bits per heavy atom. The lowest BCUT2D eigenvalue weighted by molar-refractivity contribution is -0.140. The number of ether oxygens (including phenoxy) is 1. The lowest BCUT2D eigenvalue weighted by Crippen LogP contribution is -2.53. The molecule has 1 aliphatic rings. The first-order chi connectivity index (χ1) is 16.6. The SMILES string of the molecule is COc1ccccc1N1CCN([C@@H](c2cccs2)[C@@H](C)NC(=O)C(=O)NCc2ccco2)CC1. The van der Waals surface area contributed by atoms with Crippen molar-refractivity contribution in [3.63, 3.8) is 0 Å². The number of rotatable bonds is 8. The van der Waals surface area contributed by atoms with Crippen molar-refractivity contribution in [2.75, 3.05) is 38.2 Å². The van der Waals surface area contributed by atoms with E-state index in [-0.39, 0.29) is 18.6 Å². The Labute approximate surface area is 203 Å². The van der Waals surface area contributed by atoms with E-state index in [1.807, 2.05) is 36.6 Å². The smallest absolute Gasteiger partial charge is 0.309 e. The average Bonchev–Trinajstić information content (AvgIpc) is 3.58. The van der Waals surface area contributed by atoms with Crippen molar-refractivity contribution in [3.05, 3.63) is 70.8 Å². The van der Waals surface area contributed by atoms with E-state index in [2.05, 4.69) is 32.6 Å². The molecule has 180 valence electrons. The number of furan rings is 1. The summed E-state index contributed by atoms with van der Waals surface area (Å²) >= 11 is 1.66. The molecule has 8 nitrogen and oxygen atoms in total. The highest BCUT2D eigenvalue weighted by Crippen LogP contribution is 2.32. The number of hydrogen-bond acceptors (Lipinski definition) is 7. The Morgan fingerprint density at radius 2 is 1.85 bits per heavy atom. The summed E-state index contributed by atoms with van der Waals surface area (Å²) in [4.78, 5) is 30.8. The number of methoxy groups -OCH3 is 1. The number of amides is 2. The molecule has 0 bridgehead atoms. The monoisotopic (exact) mass is 482 g/mol. The van der Waals surface area contributed by atoms with Gasteiger partial charge in [0, 0.05) is 37.1 Å². The van der Waals surface area contributed by atoms with Crippen molar-refractivity contribution in [1.82, 2.24) is 15.5 Å². The molecule has 4 rings (SSSR count). The summed E-state index contributed by atoms with van der Waals surface area (Å²) in [6.45, 7) is 5.46. The van der Waals surface area contributed by atoms with E-state index in [4.69, 9.17) is 9.15 Å². The molecule has 3 aromatic rings. The maximum Gasteiger partial charge on any atom is 0.309 e. The number of nitrogens with zero attached hydrogens (tertiary/aromatic N) is 2. The van der Waals surface area contributed by atoms with Crippen LogP contribution in [0, 0.1) is 0 Å². The molecule has 1 saturated heterocycles. The Kier molecular flexibility index (Phi) is 7.87. The van der Waals surface area contributed by atoms with E-state index in [0.29, 0.717) is 5.76 Å². The molecular weight excluding hydrogens is 452 g/mol. The molecule has 0 spiro atoms. The zero-order valence-corrected chi connectivity index (χ0v) is 20.2. The number of piperazine rings is 1. The summed E-state index contributed by atoms with van der Waals surface area (Å²) in [5.41, 5.74) is 1.09. The van der Waals surface area contributed by atoms with Crippen molar-refractivity contribution in [1.29, 1.82) is 0 Å². The molecule has 0 unspecified atom stereocenters. The summed E-state index contributed by atoms with van der Waals surface area (Å²) in [6.07, 6.45) is 1.53. The molecule has 0 radical (unpaired) electrons. The molecule has 2 amide bonds. The van der Waals surface area contributed by atoms with Crippen molar-refractivity contribution in [3.8, 4) is 5.75 Å². The zero-order chi connectivity index (χ0) is 23.9. The van der Waals surface area contributed by atoms with Crippen LogP contribution in [0.15, 0.2) is 64.6 Å². The quantitative estimate of drug-likeness (QED) is 0.480. The predicted molar refractivity (Wildman–Crippen MR) is 132 cm³/mol. The molecule has 1 aromatic carbocycles. The number of benzene rings is 1. The molecule has 2 N–H and O–H groups in total. The second kappa shape index (κ2) is 11.2. The maximum absolute atomic E-state index is 12.6. The fraction of sp³-hybridized carbons (Fsp3) is 0.360. The summed E-state index contributed by atoms with van der Waals surface area (Å²) in [6, 6.07) is 15.4. The topological polar surface area (TPSA) is 87.0 Å². The van der Waals surface area contributed by atoms with Gasteiger partial charge in [0.2, 0.25) is 0 Å². The molecule has 0 saturated carbocycles. The lowest BCUT2D eigenvalue weighted by atomic mass is 10.0. The summed E-state index contributed by atoms with van der Waals surface area (Å²) in [7, 11) is 1.69. The van der Waals surface area contributed by atoms with Gasteiger partial charge in [-0.15, -0.1) is 11.3 Å². The number of carbonyl (C=O) groups is 2. The van der Waals surface area contributed by atoms with Crippen LogP contribution in [-0.4, -0.2) is 56.0 Å². The van der Waals surface area contributed by atoms with Crippen LogP contribution in [0.1, 0.15) is 23.6 Å². The van der Waals surface area contributed by atoms with Crippen LogP contribution in [0.25, 0.3) is 0 Å². The molecule has 34 heavy (non-hydrogen) atoms. The average molecular weight is 483 g/mol. The van der Waals surface area contributed by atoms with E-state index in [9.17, 15) is 9.59 Å². The second-order valence-electron chi connectivity index (χ2n) is 8.18.